The maximum Gasteiger partial charge on any atom is 0.230 e. The van der Waals surface area contributed by atoms with Crippen molar-refractivity contribution in [1.29, 1.82) is 0 Å². The smallest absolute Gasteiger partial charge is 0.230 e. The van der Waals surface area contributed by atoms with Crippen LogP contribution in [0.15, 0.2) is 48.8 Å². The number of carbonyl (C=O) groups excluding carboxylic acids is 1. The van der Waals surface area contributed by atoms with Crippen molar-refractivity contribution in [2.75, 3.05) is 44.2 Å². The SMILES string of the molecule is O=C(NCCN1CCN(c2ncccn2)CC1)C1(c2ccccc2)CCC1. The Morgan fingerprint density at radius 2 is 1.70 bits per heavy atom. The highest BCUT2D eigenvalue weighted by Crippen LogP contribution is 2.43. The number of hydrogen-bond donors (Lipinski definition) is 1. The summed E-state index contributed by atoms with van der Waals surface area (Å²) in [5, 5.41) is 3.20. The molecule has 27 heavy (non-hydrogen) atoms. The molecule has 1 amide bonds. The zero-order chi connectivity index (χ0) is 18.5. The predicted molar refractivity (Wildman–Crippen MR) is 106 cm³/mol. The molecule has 1 aliphatic carbocycles. The van der Waals surface area contributed by atoms with Crippen LogP contribution >= 0.6 is 0 Å². The van der Waals surface area contributed by atoms with Gasteiger partial charge in [0.1, 0.15) is 0 Å². The number of nitrogens with one attached hydrogen (secondary N) is 1. The number of rotatable bonds is 6. The maximum atomic E-state index is 12.9. The largest absolute Gasteiger partial charge is 0.354 e. The van der Waals surface area contributed by atoms with Gasteiger partial charge in [-0.05, 0) is 24.5 Å². The van der Waals surface area contributed by atoms with E-state index in [2.05, 4.69) is 37.2 Å². The van der Waals surface area contributed by atoms with Gasteiger partial charge in [-0.2, -0.15) is 0 Å². The van der Waals surface area contributed by atoms with E-state index < -0.39 is 0 Å². The normalized spacial score (nSPS) is 19.3. The first kappa shape index (κ1) is 17.9. The number of amides is 1. The summed E-state index contributed by atoms with van der Waals surface area (Å²) in [6, 6.07) is 12.1. The lowest BCUT2D eigenvalue weighted by molar-refractivity contribution is -0.130. The number of benzene rings is 1. The number of hydrogen-bond acceptors (Lipinski definition) is 5. The maximum absolute atomic E-state index is 12.9. The van der Waals surface area contributed by atoms with Gasteiger partial charge in [-0.3, -0.25) is 9.69 Å². The van der Waals surface area contributed by atoms with E-state index in [1.807, 2.05) is 24.3 Å². The first-order valence-electron chi connectivity index (χ1n) is 9.86. The minimum Gasteiger partial charge on any atom is -0.354 e. The lowest BCUT2D eigenvalue weighted by Crippen LogP contribution is -2.52. The molecule has 4 rings (SSSR count). The van der Waals surface area contributed by atoms with E-state index in [4.69, 9.17) is 0 Å². The van der Waals surface area contributed by atoms with Crippen LogP contribution in [0.3, 0.4) is 0 Å². The van der Waals surface area contributed by atoms with E-state index in [0.717, 1.165) is 63.5 Å². The standard InChI is InChI=1S/C21H27N5O/c27-19(21(8-4-9-21)18-6-2-1-3-7-18)22-12-13-25-14-16-26(17-15-25)20-23-10-5-11-24-20/h1-3,5-7,10-11H,4,8-9,12-17H2,(H,22,27). The number of piperazine rings is 1. The van der Waals surface area contributed by atoms with Crippen molar-refractivity contribution >= 4 is 11.9 Å². The highest BCUT2D eigenvalue weighted by atomic mass is 16.2. The van der Waals surface area contributed by atoms with E-state index >= 15 is 0 Å². The first-order valence-corrected chi connectivity index (χ1v) is 9.86. The van der Waals surface area contributed by atoms with E-state index in [1.54, 1.807) is 12.4 Å². The molecule has 0 spiro atoms. The molecule has 0 unspecified atom stereocenters. The summed E-state index contributed by atoms with van der Waals surface area (Å²) < 4.78 is 0. The van der Waals surface area contributed by atoms with Gasteiger partial charge in [0.15, 0.2) is 0 Å². The number of anilines is 1. The molecule has 1 aliphatic heterocycles. The Morgan fingerprint density at radius 1 is 1.00 bits per heavy atom. The molecular formula is C21H27N5O. The third-order valence-corrected chi connectivity index (χ3v) is 5.89. The van der Waals surface area contributed by atoms with Crippen LogP contribution in [0.25, 0.3) is 0 Å². The van der Waals surface area contributed by atoms with Gasteiger partial charge < -0.3 is 10.2 Å². The first-order chi connectivity index (χ1) is 13.3. The van der Waals surface area contributed by atoms with Gasteiger partial charge in [-0.1, -0.05) is 36.8 Å². The van der Waals surface area contributed by atoms with Crippen molar-refractivity contribution in [1.82, 2.24) is 20.2 Å². The average molecular weight is 365 g/mol. The third kappa shape index (κ3) is 3.81. The molecule has 1 aromatic carbocycles. The van der Waals surface area contributed by atoms with Crippen LogP contribution < -0.4 is 10.2 Å². The lowest BCUT2D eigenvalue weighted by Gasteiger charge is -2.41. The van der Waals surface area contributed by atoms with Crippen LogP contribution in [0.5, 0.6) is 0 Å². The summed E-state index contributed by atoms with van der Waals surface area (Å²) in [6.07, 6.45) is 6.61. The predicted octanol–water partition coefficient (Wildman–Crippen LogP) is 1.84. The van der Waals surface area contributed by atoms with Crippen molar-refractivity contribution in [2.45, 2.75) is 24.7 Å². The second-order valence-corrected chi connectivity index (χ2v) is 7.44. The molecule has 6 nitrogen and oxygen atoms in total. The molecule has 1 saturated carbocycles. The molecule has 6 heteroatoms. The Bertz CT molecular complexity index is 740. The van der Waals surface area contributed by atoms with Gasteiger partial charge in [0, 0.05) is 51.7 Å². The summed E-state index contributed by atoms with van der Waals surface area (Å²) >= 11 is 0. The van der Waals surface area contributed by atoms with Gasteiger partial charge in [0.05, 0.1) is 5.41 Å². The van der Waals surface area contributed by atoms with Crippen molar-refractivity contribution in [3.05, 3.63) is 54.4 Å². The Balaban J connectivity index is 1.24. The summed E-state index contributed by atoms with van der Waals surface area (Å²) in [5.74, 6) is 0.997. The molecule has 1 saturated heterocycles. The van der Waals surface area contributed by atoms with Gasteiger partial charge in [-0.25, -0.2) is 9.97 Å². The zero-order valence-electron chi connectivity index (χ0n) is 15.7. The minimum atomic E-state index is -0.301. The summed E-state index contributed by atoms with van der Waals surface area (Å²) in [4.78, 5) is 26.1. The van der Waals surface area contributed by atoms with E-state index in [0.29, 0.717) is 6.54 Å². The number of aromatic nitrogens is 2. The van der Waals surface area contributed by atoms with Crippen LogP contribution in [0.1, 0.15) is 24.8 Å². The average Bonchev–Trinajstić information content (AvgIpc) is 2.69. The molecule has 2 aliphatic rings. The fraction of sp³-hybridized carbons (Fsp3) is 0.476. The quantitative estimate of drug-likeness (QED) is 0.846. The summed E-state index contributed by atoms with van der Waals surface area (Å²) in [6.45, 7) is 5.38. The topological polar surface area (TPSA) is 61.4 Å². The Kier molecular flexibility index (Phi) is 5.34. The Labute approximate surface area is 160 Å². The molecule has 1 aromatic heterocycles. The van der Waals surface area contributed by atoms with Crippen LogP contribution in [-0.4, -0.2) is 60.0 Å². The zero-order valence-corrected chi connectivity index (χ0v) is 15.7. The lowest BCUT2D eigenvalue weighted by atomic mass is 9.64. The van der Waals surface area contributed by atoms with E-state index in [9.17, 15) is 4.79 Å². The molecule has 0 atom stereocenters. The molecule has 0 bridgehead atoms. The van der Waals surface area contributed by atoms with Crippen molar-refractivity contribution in [2.24, 2.45) is 0 Å². The van der Waals surface area contributed by atoms with Crippen LogP contribution in [0, 0.1) is 0 Å². The fourth-order valence-electron chi connectivity index (χ4n) is 4.06. The molecule has 142 valence electrons. The second-order valence-electron chi connectivity index (χ2n) is 7.44. The fourth-order valence-corrected chi connectivity index (χ4v) is 4.06. The third-order valence-electron chi connectivity index (χ3n) is 5.89. The second kappa shape index (κ2) is 8.05. The summed E-state index contributed by atoms with van der Waals surface area (Å²) in [5.41, 5.74) is 0.857. The van der Waals surface area contributed by atoms with Crippen molar-refractivity contribution in [3.63, 3.8) is 0 Å². The minimum absolute atomic E-state index is 0.191. The van der Waals surface area contributed by atoms with E-state index in [-0.39, 0.29) is 11.3 Å². The number of carbonyl (C=O) groups is 1. The molecule has 0 radical (unpaired) electrons. The molecule has 1 N–H and O–H groups in total. The highest BCUT2D eigenvalue weighted by Gasteiger charge is 2.45. The Morgan fingerprint density at radius 3 is 2.33 bits per heavy atom. The van der Waals surface area contributed by atoms with Crippen LogP contribution in [-0.2, 0) is 10.2 Å². The summed E-state index contributed by atoms with van der Waals surface area (Å²) in [7, 11) is 0. The van der Waals surface area contributed by atoms with Crippen molar-refractivity contribution in [3.8, 4) is 0 Å². The monoisotopic (exact) mass is 365 g/mol. The van der Waals surface area contributed by atoms with Crippen LogP contribution in [0.2, 0.25) is 0 Å². The molecule has 2 fully saturated rings. The molecule has 2 heterocycles. The van der Waals surface area contributed by atoms with Crippen molar-refractivity contribution < 1.29 is 4.79 Å². The van der Waals surface area contributed by atoms with E-state index in [1.165, 1.54) is 0 Å². The van der Waals surface area contributed by atoms with Gasteiger partial charge in [0.25, 0.3) is 0 Å². The van der Waals surface area contributed by atoms with Gasteiger partial charge in [0.2, 0.25) is 11.9 Å². The number of nitrogens with zero attached hydrogens (tertiary/aromatic N) is 4. The van der Waals surface area contributed by atoms with Gasteiger partial charge in [-0.15, -0.1) is 0 Å². The Hall–Kier alpha value is -2.47. The van der Waals surface area contributed by atoms with Crippen LogP contribution in [0.4, 0.5) is 5.95 Å². The molecular weight excluding hydrogens is 338 g/mol. The van der Waals surface area contributed by atoms with Gasteiger partial charge >= 0.3 is 0 Å². The highest BCUT2D eigenvalue weighted by molar-refractivity contribution is 5.89. The molecule has 2 aromatic rings.